The third-order valence-electron chi connectivity index (χ3n) is 3.70. The Morgan fingerprint density at radius 1 is 1.47 bits per heavy atom. The molecule has 2 N–H and O–H groups in total. The molecule has 1 heterocycles. The standard InChI is InChI=1S/C13H18N2O3S/c1-7-4-3-5-9(7)6-14-13-15-10(12(17)18)11(19-13)8(2)16/h7,9H,3-6H2,1-2H3,(H,14,15)(H,17,18). The summed E-state index contributed by atoms with van der Waals surface area (Å²) in [4.78, 5) is 26.6. The minimum atomic E-state index is -1.15. The molecule has 104 valence electrons. The van der Waals surface area contributed by atoms with Crippen LogP contribution in [-0.4, -0.2) is 28.4 Å². The van der Waals surface area contributed by atoms with Crippen LogP contribution in [0.4, 0.5) is 5.13 Å². The summed E-state index contributed by atoms with van der Waals surface area (Å²) in [5.74, 6) is -0.0995. The van der Waals surface area contributed by atoms with Crippen molar-refractivity contribution in [3.05, 3.63) is 10.6 Å². The first-order valence-electron chi connectivity index (χ1n) is 6.48. The van der Waals surface area contributed by atoms with E-state index in [0.717, 1.165) is 17.9 Å². The second-order valence-corrected chi connectivity index (χ2v) is 6.11. The molecule has 1 aliphatic rings. The van der Waals surface area contributed by atoms with Crippen LogP contribution in [0.1, 0.15) is 53.3 Å². The molecule has 1 aliphatic carbocycles. The van der Waals surface area contributed by atoms with Gasteiger partial charge < -0.3 is 10.4 Å². The summed E-state index contributed by atoms with van der Waals surface area (Å²) in [5.41, 5.74) is -0.139. The molecular formula is C13H18N2O3S. The van der Waals surface area contributed by atoms with Gasteiger partial charge in [-0.15, -0.1) is 0 Å². The molecule has 0 spiro atoms. The van der Waals surface area contributed by atoms with Crippen LogP contribution in [0.5, 0.6) is 0 Å². The molecule has 0 aliphatic heterocycles. The van der Waals surface area contributed by atoms with Gasteiger partial charge in [-0.1, -0.05) is 31.1 Å². The summed E-state index contributed by atoms with van der Waals surface area (Å²) in [6, 6.07) is 0. The highest BCUT2D eigenvalue weighted by Crippen LogP contribution is 2.32. The van der Waals surface area contributed by atoms with Gasteiger partial charge >= 0.3 is 5.97 Å². The largest absolute Gasteiger partial charge is 0.476 e. The number of Topliss-reactive ketones (excluding diaryl/α,β-unsaturated/α-hetero) is 1. The molecule has 0 aromatic carbocycles. The number of hydrogen-bond acceptors (Lipinski definition) is 5. The monoisotopic (exact) mass is 282 g/mol. The Balaban J connectivity index is 2.06. The molecule has 2 atom stereocenters. The number of anilines is 1. The van der Waals surface area contributed by atoms with Gasteiger partial charge in [0.25, 0.3) is 0 Å². The lowest BCUT2D eigenvalue weighted by Gasteiger charge is -2.15. The molecule has 19 heavy (non-hydrogen) atoms. The van der Waals surface area contributed by atoms with Gasteiger partial charge in [-0.2, -0.15) is 0 Å². The number of nitrogens with zero attached hydrogens (tertiary/aromatic N) is 1. The van der Waals surface area contributed by atoms with Crippen molar-refractivity contribution in [3.8, 4) is 0 Å². The molecule has 1 aromatic heterocycles. The van der Waals surface area contributed by atoms with E-state index in [0.29, 0.717) is 17.0 Å². The van der Waals surface area contributed by atoms with E-state index in [1.54, 1.807) is 0 Å². The fourth-order valence-electron chi connectivity index (χ4n) is 2.52. The lowest BCUT2D eigenvalue weighted by atomic mass is 9.98. The molecule has 1 aromatic rings. The Labute approximate surface area is 116 Å². The highest BCUT2D eigenvalue weighted by atomic mass is 32.1. The first-order valence-corrected chi connectivity index (χ1v) is 7.29. The van der Waals surface area contributed by atoms with Crippen molar-refractivity contribution >= 4 is 28.2 Å². The van der Waals surface area contributed by atoms with Gasteiger partial charge in [0, 0.05) is 13.5 Å². The third kappa shape index (κ3) is 3.12. The highest BCUT2D eigenvalue weighted by molar-refractivity contribution is 7.17. The summed E-state index contributed by atoms with van der Waals surface area (Å²) in [6.07, 6.45) is 3.71. The third-order valence-corrected chi connectivity index (χ3v) is 4.82. The van der Waals surface area contributed by atoms with Crippen LogP contribution in [0, 0.1) is 11.8 Å². The number of aromatic nitrogens is 1. The second-order valence-electron chi connectivity index (χ2n) is 5.11. The van der Waals surface area contributed by atoms with Crippen molar-refractivity contribution in [1.29, 1.82) is 0 Å². The van der Waals surface area contributed by atoms with Crippen molar-refractivity contribution in [2.75, 3.05) is 11.9 Å². The summed E-state index contributed by atoms with van der Waals surface area (Å²) >= 11 is 1.13. The zero-order valence-corrected chi connectivity index (χ0v) is 11.9. The second kappa shape index (κ2) is 5.69. The van der Waals surface area contributed by atoms with E-state index in [-0.39, 0.29) is 16.4 Å². The Kier molecular flexibility index (Phi) is 4.19. The summed E-state index contributed by atoms with van der Waals surface area (Å²) in [7, 11) is 0. The summed E-state index contributed by atoms with van der Waals surface area (Å²) in [6.45, 7) is 4.40. The number of rotatable bonds is 5. The minimum absolute atomic E-state index is 0.139. The number of carbonyl (C=O) groups excluding carboxylic acids is 1. The number of carboxylic acid groups (broad SMARTS) is 1. The quantitative estimate of drug-likeness (QED) is 0.812. The fourth-order valence-corrected chi connectivity index (χ4v) is 3.38. The van der Waals surface area contributed by atoms with E-state index in [1.807, 2.05) is 0 Å². The minimum Gasteiger partial charge on any atom is -0.476 e. The molecule has 0 amide bonds. The van der Waals surface area contributed by atoms with Crippen LogP contribution in [0.25, 0.3) is 0 Å². The van der Waals surface area contributed by atoms with Gasteiger partial charge in [-0.3, -0.25) is 4.79 Å². The van der Waals surface area contributed by atoms with E-state index in [4.69, 9.17) is 5.11 Å². The molecule has 0 saturated heterocycles. The lowest BCUT2D eigenvalue weighted by molar-refractivity contribution is 0.0687. The first kappa shape index (κ1) is 14.0. The van der Waals surface area contributed by atoms with Gasteiger partial charge in [-0.25, -0.2) is 9.78 Å². The first-order chi connectivity index (χ1) is 8.99. The molecule has 1 fully saturated rings. The molecule has 6 heteroatoms. The van der Waals surface area contributed by atoms with E-state index in [2.05, 4.69) is 17.2 Å². The maximum Gasteiger partial charge on any atom is 0.356 e. The average Bonchev–Trinajstić information content (AvgIpc) is 2.92. The van der Waals surface area contributed by atoms with Gasteiger partial charge in [0.2, 0.25) is 0 Å². The number of nitrogens with one attached hydrogen (secondary N) is 1. The predicted molar refractivity (Wildman–Crippen MR) is 74.1 cm³/mol. The zero-order valence-electron chi connectivity index (χ0n) is 11.1. The lowest BCUT2D eigenvalue weighted by Crippen LogP contribution is -2.16. The Morgan fingerprint density at radius 3 is 2.68 bits per heavy atom. The normalized spacial score (nSPS) is 22.4. The maximum atomic E-state index is 11.4. The molecule has 2 unspecified atom stereocenters. The average molecular weight is 282 g/mol. The predicted octanol–water partition coefficient (Wildman–Crippen LogP) is 2.89. The van der Waals surface area contributed by atoms with Crippen LogP contribution in [0.15, 0.2) is 0 Å². The molecule has 1 saturated carbocycles. The molecule has 0 radical (unpaired) electrons. The number of carboxylic acids is 1. The number of ketones is 1. The summed E-state index contributed by atoms with van der Waals surface area (Å²) in [5, 5.41) is 12.7. The van der Waals surface area contributed by atoms with Crippen molar-refractivity contribution in [1.82, 2.24) is 4.98 Å². The van der Waals surface area contributed by atoms with Crippen LogP contribution in [0.2, 0.25) is 0 Å². The number of hydrogen-bond donors (Lipinski definition) is 2. The van der Waals surface area contributed by atoms with Crippen LogP contribution >= 0.6 is 11.3 Å². The maximum absolute atomic E-state index is 11.4. The van der Waals surface area contributed by atoms with Gasteiger partial charge in [0.15, 0.2) is 16.6 Å². The number of thiazole rings is 1. The van der Waals surface area contributed by atoms with E-state index in [1.165, 1.54) is 26.2 Å². The molecular weight excluding hydrogens is 264 g/mol. The SMILES string of the molecule is CC(=O)c1sc(NCC2CCCC2C)nc1C(=O)O. The molecule has 2 rings (SSSR count). The summed E-state index contributed by atoms with van der Waals surface area (Å²) < 4.78 is 0. The number of carbonyl (C=O) groups is 2. The van der Waals surface area contributed by atoms with Crippen molar-refractivity contribution in [2.45, 2.75) is 33.1 Å². The molecule has 0 bridgehead atoms. The van der Waals surface area contributed by atoms with Crippen LogP contribution < -0.4 is 5.32 Å². The molecule has 5 nitrogen and oxygen atoms in total. The van der Waals surface area contributed by atoms with Gasteiger partial charge in [0.05, 0.1) is 0 Å². The van der Waals surface area contributed by atoms with E-state index >= 15 is 0 Å². The van der Waals surface area contributed by atoms with Crippen LogP contribution in [-0.2, 0) is 0 Å². The van der Waals surface area contributed by atoms with Crippen molar-refractivity contribution in [2.24, 2.45) is 11.8 Å². The van der Waals surface area contributed by atoms with Gasteiger partial charge in [0.1, 0.15) is 4.88 Å². The zero-order chi connectivity index (χ0) is 14.0. The topological polar surface area (TPSA) is 79.3 Å². The fraction of sp³-hybridized carbons (Fsp3) is 0.615. The Hall–Kier alpha value is -1.43. The Morgan fingerprint density at radius 2 is 2.21 bits per heavy atom. The van der Waals surface area contributed by atoms with Crippen LogP contribution in [0.3, 0.4) is 0 Å². The highest BCUT2D eigenvalue weighted by Gasteiger charge is 2.24. The van der Waals surface area contributed by atoms with E-state index < -0.39 is 5.97 Å². The van der Waals surface area contributed by atoms with Gasteiger partial charge in [-0.05, 0) is 18.3 Å². The van der Waals surface area contributed by atoms with Crippen molar-refractivity contribution < 1.29 is 14.7 Å². The van der Waals surface area contributed by atoms with Crippen molar-refractivity contribution in [3.63, 3.8) is 0 Å². The Bertz CT molecular complexity index is 467. The van der Waals surface area contributed by atoms with E-state index in [9.17, 15) is 9.59 Å². The number of aromatic carboxylic acids is 1. The smallest absolute Gasteiger partial charge is 0.356 e.